The maximum absolute atomic E-state index is 2.35. The molecule has 3 aliphatic rings. The SMILES string of the molecule is C1=CC2=C(CC1)CCC1=C2CC=C1. The summed E-state index contributed by atoms with van der Waals surface area (Å²) in [5.74, 6) is 0. The van der Waals surface area contributed by atoms with Gasteiger partial charge in [0.25, 0.3) is 0 Å². The Morgan fingerprint density at radius 2 is 1.92 bits per heavy atom. The van der Waals surface area contributed by atoms with Crippen LogP contribution in [0.25, 0.3) is 0 Å². The first kappa shape index (κ1) is 7.37. The molecule has 0 radical (unpaired) electrons. The van der Waals surface area contributed by atoms with Gasteiger partial charge in [0, 0.05) is 0 Å². The van der Waals surface area contributed by atoms with Crippen LogP contribution >= 0.6 is 0 Å². The summed E-state index contributed by atoms with van der Waals surface area (Å²) in [7, 11) is 0. The maximum atomic E-state index is 2.35. The Labute approximate surface area is 79.3 Å². The normalized spacial score (nSPS) is 25.2. The van der Waals surface area contributed by atoms with Gasteiger partial charge in [0.1, 0.15) is 0 Å². The van der Waals surface area contributed by atoms with Crippen molar-refractivity contribution in [3.63, 3.8) is 0 Å². The predicted molar refractivity (Wildman–Crippen MR) is 55.4 cm³/mol. The summed E-state index contributed by atoms with van der Waals surface area (Å²) < 4.78 is 0. The van der Waals surface area contributed by atoms with E-state index in [4.69, 9.17) is 0 Å². The highest BCUT2D eigenvalue weighted by molar-refractivity contribution is 5.56. The fourth-order valence-corrected chi connectivity index (χ4v) is 2.64. The number of rotatable bonds is 0. The molecule has 0 unspecified atom stereocenters. The Kier molecular flexibility index (Phi) is 1.55. The van der Waals surface area contributed by atoms with E-state index in [9.17, 15) is 0 Å². The second-order valence-electron chi connectivity index (χ2n) is 4.07. The van der Waals surface area contributed by atoms with Gasteiger partial charge in [0.2, 0.25) is 0 Å². The van der Waals surface area contributed by atoms with E-state index in [-0.39, 0.29) is 0 Å². The summed E-state index contributed by atoms with van der Waals surface area (Å²) in [6, 6.07) is 0. The standard InChI is InChI=1S/C13H14/c1-2-6-12-10(4-1)8-9-11-5-3-7-13(11)12/h2-3,5-6H,1,4,7-9H2. The van der Waals surface area contributed by atoms with Gasteiger partial charge < -0.3 is 0 Å². The molecule has 0 bridgehead atoms. The maximum Gasteiger partial charge on any atom is -0.00856 e. The average Bonchev–Trinajstić information content (AvgIpc) is 2.65. The van der Waals surface area contributed by atoms with Crippen LogP contribution in [0.3, 0.4) is 0 Å². The van der Waals surface area contributed by atoms with E-state index in [2.05, 4.69) is 24.3 Å². The zero-order chi connectivity index (χ0) is 8.67. The molecule has 3 aliphatic carbocycles. The van der Waals surface area contributed by atoms with E-state index >= 15 is 0 Å². The number of hydrogen-bond acceptors (Lipinski definition) is 0. The van der Waals surface area contributed by atoms with Gasteiger partial charge in [-0.25, -0.2) is 0 Å². The van der Waals surface area contributed by atoms with E-state index < -0.39 is 0 Å². The van der Waals surface area contributed by atoms with Crippen LogP contribution in [0, 0.1) is 0 Å². The average molecular weight is 170 g/mol. The zero-order valence-corrected chi connectivity index (χ0v) is 7.84. The lowest BCUT2D eigenvalue weighted by Gasteiger charge is -2.23. The van der Waals surface area contributed by atoms with Crippen LogP contribution in [0.2, 0.25) is 0 Å². The first-order valence-electron chi connectivity index (χ1n) is 5.22. The van der Waals surface area contributed by atoms with Crippen LogP contribution in [0.15, 0.2) is 46.6 Å². The van der Waals surface area contributed by atoms with Crippen LogP contribution in [0.5, 0.6) is 0 Å². The molecular weight excluding hydrogens is 156 g/mol. The van der Waals surface area contributed by atoms with Crippen molar-refractivity contribution in [3.05, 3.63) is 46.6 Å². The van der Waals surface area contributed by atoms with Crippen molar-refractivity contribution in [3.8, 4) is 0 Å². The van der Waals surface area contributed by atoms with E-state index in [1.807, 2.05) is 0 Å². The van der Waals surface area contributed by atoms with E-state index in [1.54, 1.807) is 22.3 Å². The fourth-order valence-electron chi connectivity index (χ4n) is 2.64. The van der Waals surface area contributed by atoms with Crippen LogP contribution in [0.1, 0.15) is 32.1 Å². The third kappa shape index (κ3) is 1.05. The zero-order valence-electron chi connectivity index (χ0n) is 7.84. The Bertz CT molecular complexity index is 361. The Morgan fingerprint density at radius 3 is 2.92 bits per heavy atom. The molecule has 0 aromatic heterocycles. The Hall–Kier alpha value is -1.04. The molecule has 0 N–H and O–H groups in total. The van der Waals surface area contributed by atoms with Crippen molar-refractivity contribution >= 4 is 0 Å². The molecule has 0 fully saturated rings. The van der Waals surface area contributed by atoms with E-state index in [0.717, 1.165) is 0 Å². The number of fused-ring (bicyclic) bond motifs is 1. The molecule has 0 amide bonds. The molecule has 66 valence electrons. The molecule has 0 nitrogen and oxygen atoms in total. The molecule has 0 aromatic carbocycles. The number of allylic oxidation sites excluding steroid dienone is 8. The van der Waals surface area contributed by atoms with E-state index in [1.165, 1.54) is 32.1 Å². The van der Waals surface area contributed by atoms with Gasteiger partial charge in [-0.05, 0) is 48.8 Å². The molecule has 0 aliphatic heterocycles. The van der Waals surface area contributed by atoms with Crippen molar-refractivity contribution in [1.29, 1.82) is 0 Å². The van der Waals surface area contributed by atoms with Gasteiger partial charge in [-0.3, -0.25) is 0 Å². The van der Waals surface area contributed by atoms with Gasteiger partial charge in [-0.1, -0.05) is 29.9 Å². The minimum absolute atomic E-state index is 1.18. The van der Waals surface area contributed by atoms with Crippen LogP contribution in [-0.2, 0) is 0 Å². The molecule has 0 saturated heterocycles. The molecule has 0 spiro atoms. The van der Waals surface area contributed by atoms with E-state index in [0.29, 0.717) is 0 Å². The highest BCUT2D eigenvalue weighted by Crippen LogP contribution is 2.40. The molecule has 3 rings (SSSR count). The third-order valence-corrected chi connectivity index (χ3v) is 3.33. The van der Waals surface area contributed by atoms with Crippen LogP contribution in [-0.4, -0.2) is 0 Å². The van der Waals surface area contributed by atoms with Crippen LogP contribution < -0.4 is 0 Å². The first-order chi connectivity index (χ1) is 6.45. The molecular formula is C13H14. The van der Waals surface area contributed by atoms with Crippen molar-refractivity contribution in [2.45, 2.75) is 32.1 Å². The molecule has 13 heavy (non-hydrogen) atoms. The summed E-state index contributed by atoms with van der Waals surface area (Å²) in [5, 5.41) is 0. The largest absolute Gasteiger partial charge is 0.0836 e. The topological polar surface area (TPSA) is 0 Å². The van der Waals surface area contributed by atoms with Crippen molar-refractivity contribution in [1.82, 2.24) is 0 Å². The number of hydrogen-bond donors (Lipinski definition) is 0. The Morgan fingerprint density at radius 1 is 0.923 bits per heavy atom. The monoisotopic (exact) mass is 170 g/mol. The summed E-state index contributed by atoms with van der Waals surface area (Å²) in [6.07, 6.45) is 15.6. The third-order valence-electron chi connectivity index (χ3n) is 3.33. The quantitative estimate of drug-likeness (QED) is 0.520. The second kappa shape index (κ2) is 2.73. The lowest BCUT2D eigenvalue weighted by Crippen LogP contribution is -2.04. The fraction of sp³-hybridized carbons (Fsp3) is 0.385. The summed E-state index contributed by atoms with van der Waals surface area (Å²) >= 11 is 0. The molecule has 0 atom stereocenters. The van der Waals surface area contributed by atoms with Gasteiger partial charge in [-0.2, -0.15) is 0 Å². The lowest BCUT2D eigenvalue weighted by molar-refractivity contribution is 0.803. The minimum atomic E-state index is 1.18. The lowest BCUT2D eigenvalue weighted by atomic mass is 9.82. The summed E-state index contributed by atoms with van der Waals surface area (Å²) in [6.45, 7) is 0. The second-order valence-corrected chi connectivity index (χ2v) is 4.07. The smallest absolute Gasteiger partial charge is 0.00856 e. The summed E-state index contributed by atoms with van der Waals surface area (Å²) in [5.41, 5.74) is 6.52. The Balaban J connectivity index is 2.09. The molecule has 0 saturated carbocycles. The minimum Gasteiger partial charge on any atom is -0.0836 e. The molecule has 0 heteroatoms. The predicted octanol–water partition coefficient (Wildman–Crippen LogP) is 3.68. The first-order valence-corrected chi connectivity index (χ1v) is 5.22. The van der Waals surface area contributed by atoms with Gasteiger partial charge in [0.05, 0.1) is 0 Å². The summed E-state index contributed by atoms with van der Waals surface area (Å²) in [4.78, 5) is 0. The van der Waals surface area contributed by atoms with Gasteiger partial charge in [0.15, 0.2) is 0 Å². The van der Waals surface area contributed by atoms with Gasteiger partial charge in [-0.15, -0.1) is 0 Å². The van der Waals surface area contributed by atoms with Crippen molar-refractivity contribution in [2.24, 2.45) is 0 Å². The highest BCUT2D eigenvalue weighted by atomic mass is 14.3. The van der Waals surface area contributed by atoms with Crippen molar-refractivity contribution < 1.29 is 0 Å². The van der Waals surface area contributed by atoms with Crippen molar-refractivity contribution in [2.75, 3.05) is 0 Å². The highest BCUT2D eigenvalue weighted by Gasteiger charge is 2.21. The van der Waals surface area contributed by atoms with Gasteiger partial charge >= 0.3 is 0 Å². The molecule has 0 aromatic rings. The van der Waals surface area contributed by atoms with Crippen LogP contribution in [0.4, 0.5) is 0 Å². The molecule has 0 heterocycles.